The third kappa shape index (κ3) is 2.21. The molecule has 0 atom stereocenters. The molecule has 2 nitrogen and oxygen atoms in total. The van der Waals surface area contributed by atoms with Crippen LogP contribution in [-0.2, 0) is 4.74 Å². The molecule has 48 valence electrons. The van der Waals surface area contributed by atoms with Gasteiger partial charge in [0.05, 0.1) is 5.95 Å². The summed E-state index contributed by atoms with van der Waals surface area (Å²) in [7, 11) is 1.37. The molecule has 0 amide bonds. The molecule has 1 aliphatic rings. The van der Waals surface area contributed by atoms with Gasteiger partial charge in [0, 0.05) is 0 Å². The van der Waals surface area contributed by atoms with Gasteiger partial charge in [0.15, 0.2) is 0 Å². The summed E-state index contributed by atoms with van der Waals surface area (Å²) in [6.07, 6.45) is 7.02. The standard InChI is InChI=1S/C7H8O2.Na/c1-9-7(8)6-4-2-3-5-6;/h2-5,8H,1H3;/q;+1/p-1. The topological polar surface area (TPSA) is 32.3 Å². The molecule has 0 aromatic rings. The van der Waals surface area contributed by atoms with E-state index in [9.17, 15) is 5.11 Å². The Bertz CT molecular complexity index is 178. The van der Waals surface area contributed by atoms with Crippen molar-refractivity contribution in [3.8, 4) is 0 Å². The second-order valence-corrected chi connectivity index (χ2v) is 1.67. The Morgan fingerprint density at radius 1 is 1.40 bits per heavy atom. The fraction of sp³-hybridized carbons (Fsp3) is 0.143. The van der Waals surface area contributed by atoms with Crippen LogP contribution in [0, 0.1) is 0 Å². The largest absolute Gasteiger partial charge is 1.00 e. The summed E-state index contributed by atoms with van der Waals surface area (Å²) in [6, 6.07) is 0. The Labute approximate surface area is 82.2 Å². The number of ether oxygens (including phenoxy) is 1. The number of hydrogen-bond acceptors (Lipinski definition) is 2. The monoisotopic (exact) mass is 146 g/mol. The number of allylic oxidation sites excluding steroid dienone is 5. The molecule has 0 saturated heterocycles. The summed E-state index contributed by atoms with van der Waals surface area (Å²) in [4.78, 5) is 0. The number of hydrogen-bond donors (Lipinski definition) is 0. The van der Waals surface area contributed by atoms with E-state index in [2.05, 4.69) is 4.74 Å². The van der Waals surface area contributed by atoms with E-state index < -0.39 is 0 Å². The number of rotatable bonds is 1. The molecule has 0 unspecified atom stereocenters. The average molecular weight is 146 g/mol. The molecule has 3 heteroatoms. The first-order valence-electron chi connectivity index (χ1n) is 2.64. The van der Waals surface area contributed by atoms with E-state index in [4.69, 9.17) is 0 Å². The minimum atomic E-state index is -0.278. The summed E-state index contributed by atoms with van der Waals surface area (Å²) in [6.45, 7) is 0. The molecule has 0 spiro atoms. The maximum Gasteiger partial charge on any atom is 1.00 e. The molecular formula is C7H7NaO2. The van der Waals surface area contributed by atoms with E-state index in [1.54, 1.807) is 24.3 Å². The van der Waals surface area contributed by atoms with Crippen LogP contribution in [0.5, 0.6) is 0 Å². The molecule has 0 aromatic heterocycles. The molecule has 1 aliphatic carbocycles. The molecule has 10 heavy (non-hydrogen) atoms. The third-order valence-corrected chi connectivity index (χ3v) is 1.08. The summed E-state index contributed by atoms with van der Waals surface area (Å²) in [5, 5.41) is 10.7. The van der Waals surface area contributed by atoms with Gasteiger partial charge >= 0.3 is 29.6 Å². The van der Waals surface area contributed by atoms with Crippen molar-refractivity contribution < 1.29 is 39.4 Å². The molecule has 0 bridgehead atoms. The first kappa shape index (κ1) is 9.82. The van der Waals surface area contributed by atoms with Crippen molar-refractivity contribution in [1.82, 2.24) is 0 Å². The molecule has 0 saturated carbocycles. The predicted molar refractivity (Wildman–Crippen MR) is 32.3 cm³/mol. The predicted octanol–water partition coefficient (Wildman–Crippen LogP) is -2.67. The molecule has 0 aromatic carbocycles. The summed E-state index contributed by atoms with van der Waals surface area (Å²) >= 11 is 0. The molecular weight excluding hydrogens is 139 g/mol. The van der Waals surface area contributed by atoms with Crippen LogP contribution in [0.2, 0.25) is 0 Å². The van der Waals surface area contributed by atoms with Gasteiger partial charge < -0.3 is 9.84 Å². The van der Waals surface area contributed by atoms with Gasteiger partial charge in [-0.3, -0.25) is 0 Å². The number of methoxy groups -OCH3 is 1. The van der Waals surface area contributed by atoms with E-state index in [0.717, 1.165) is 0 Å². The van der Waals surface area contributed by atoms with Gasteiger partial charge in [-0.1, -0.05) is 24.3 Å². The Balaban J connectivity index is 0.000000810. The Morgan fingerprint density at radius 2 is 1.90 bits per heavy atom. The van der Waals surface area contributed by atoms with Gasteiger partial charge in [-0.25, -0.2) is 0 Å². The zero-order valence-electron chi connectivity index (χ0n) is 6.13. The van der Waals surface area contributed by atoms with Crippen molar-refractivity contribution in [2.24, 2.45) is 0 Å². The van der Waals surface area contributed by atoms with Crippen LogP contribution in [0.4, 0.5) is 0 Å². The second kappa shape index (κ2) is 4.61. The van der Waals surface area contributed by atoms with Crippen LogP contribution in [0.3, 0.4) is 0 Å². The Kier molecular flexibility index (Phi) is 4.52. The maximum absolute atomic E-state index is 10.7. The van der Waals surface area contributed by atoms with Crippen LogP contribution in [0.1, 0.15) is 0 Å². The Hall–Kier alpha value is -0.180. The first-order chi connectivity index (χ1) is 4.34. The van der Waals surface area contributed by atoms with Gasteiger partial charge in [0.1, 0.15) is 0 Å². The first-order valence-corrected chi connectivity index (χ1v) is 2.64. The van der Waals surface area contributed by atoms with Crippen LogP contribution in [0.15, 0.2) is 35.8 Å². The molecule has 0 radical (unpaired) electrons. The van der Waals surface area contributed by atoms with Crippen molar-refractivity contribution in [3.05, 3.63) is 35.8 Å². The van der Waals surface area contributed by atoms with E-state index in [-0.39, 0.29) is 35.5 Å². The van der Waals surface area contributed by atoms with E-state index >= 15 is 0 Å². The van der Waals surface area contributed by atoms with E-state index in [1.165, 1.54) is 7.11 Å². The van der Waals surface area contributed by atoms with Crippen LogP contribution in [0.25, 0.3) is 0 Å². The van der Waals surface area contributed by atoms with Gasteiger partial charge in [-0.05, 0) is 12.7 Å². The summed E-state index contributed by atoms with van der Waals surface area (Å²) in [5.74, 6) is -0.278. The quantitative estimate of drug-likeness (QED) is 0.298. The zero-order chi connectivity index (χ0) is 6.69. The fourth-order valence-electron chi connectivity index (χ4n) is 0.628. The van der Waals surface area contributed by atoms with Crippen LogP contribution < -0.4 is 34.7 Å². The summed E-state index contributed by atoms with van der Waals surface area (Å²) < 4.78 is 4.46. The minimum absolute atomic E-state index is 0. The maximum atomic E-state index is 10.7. The SMILES string of the molecule is COC([O-])=C1C=CC=C1.[Na+]. The second-order valence-electron chi connectivity index (χ2n) is 1.67. The van der Waals surface area contributed by atoms with Gasteiger partial charge in [-0.2, -0.15) is 0 Å². The van der Waals surface area contributed by atoms with Crippen LogP contribution in [-0.4, -0.2) is 7.11 Å². The van der Waals surface area contributed by atoms with Crippen LogP contribution >= 0.6 is 0 Å². The average Bonchev–Trinajstić information content (AvgIpc) is 2.37. The van der Waals surface area contributed by atoms with Crippen molar-refractivity contribution in [3.63, 3.8) is 0 Å². The van der Waals surface area contributed by atoms with E-state index in [1.807, 2.05) is 0 Å². The normalized spacial score (nSPS) is 13.1. The molecule has 0 aliphatic heterocycles. The third-order valence-electron chi connectivity index (χ3n) is 1.08. The molecule has 0 N–H and O–H groups in total. The minimum Gasteiger partial charge on any atom is -0.616 e. The molecule has 0 heterocycles. The van der Waals surface area contributed by atoms with Gasteiger partial charge in [0.25, 0.3) is 0 Å². The fourth-order valence-corrected chi connectivity index (χ4v) is 0.628. The van der Waals surface area contributed by atoms with Crippen molar-refractivity contribution in [2.75, 3.05) is 7.11 Å². The molecule has 1 rings (SSSR count). The van der Waals surface area contributed by atoms with Crippen molar-refractivity contribution in [1.29, 1.82) is 0 Å². The smallest absolute Gasteiger partial charge is 0.616 e. The van der Waals surface area contributed by atoms with Crippen molar-refractivity contribution >= 4 is 0 Å². The van der Waals surface area contributed by atoms with Gasteiger partial charge in [0.2, 0.25) is 0 Å². The Morgan fingerprint density at radius 3 is 2.30 bits per heavy atom. The van der Waals surface area contributed by atoms with Gasteiger partial charge in [-0.15, -0.1) is 0 Å². The zero-order valence-corrected chi connectivity index (χ0v) is 8.13. The summed E-state index contributed by atoms with van der Waals surface area (Å²) in [5.41, 5.74) is 0.609. The molecule has 0 fully saturated rings. The van der Waals surface area contributed by atoms with Crippen molar-refractivity contribution in [2.45, 2.75) is 0 Å². The van der Waals surface area contributed by atoms with E-state index in [0.29, 0.717) is 5.57 Å².